The highest BCUT2D eigenvalue weighted by atomic mass is 79.9. The van der Waals surface area contributed by atoms with Crippen molar-refractivity contribution in [3.8, 4) is 5.75 Å². The average molecular weight is 406 g/mol. The van der Waals surface area contributed by atoms with E-state index in [2.05, 4.69) is 20.9 Å². The molecule has 0 aliphatic rings. The highest BCUT2D eigenvalue weighted by Gasteiger charge is 2.22. The summed E-state index contributed by atoms with van der Waals surface area (Å²) in [5.74, 6) is 0.223. The van der Waals surface area contributed by atoms with E-state index in [9.17, 15) is 8.42 Å². The zero-order valence-corrected chi connectivity index (χ0v) is 15.9. The van der Waals surface area contributed by atoms with E-state index in [0.29, 0.717) is 9.99 Å². The molecule has 0 radical (unpaired) electrons. The van der Waals surface area contributed by atoms with Crippen molar-refractivity contribution in [1.29, 1.82) is 0 Å². The van der Waals surface area contributed by atoms with Gasteiger partial charge in [-0.05, 0) is 72.1 Å². The third-order valence-electron chi connectivity index (χ3n) is 3.84. The monoisotopic (exact) mass is 405 g/mol. The van der Waals surface area contributed by atoms with Gasteiger partial charge in [-0.2, -0.15) is 8.42 Å². The number of benzene rings is 2. The number of aryl methyl sites for hydroxylation is 3. The first kappa shape index (κ1) is 16.9. The minimum atomic E-state index is -3.97. The number of hydrogen-bond donors (Lipinski definition) is 0. The standard InChI is InChI=1S/C18H16BrNO3S/c1-11-9-15(19)17(10-12(11)2)24(21,22)23-16-6-4-5-14-8-7-13(3)20-18(14)16/h4-10H,1-3H3. The maximum absolute atomic E-state index is 12.7. The van der Waals surface area contributed by atoms with Gasteiger partial charge in [-0.3, -0.25) is 0 Å². The van der Waals surface area contributed by atoms with Gasteiger partial charge in [0.05, 0.1) is 0 Å². The number of nitrogens with zero attached hydrogens (tertiary/aromatic N) is 1. The van der Waals surface area contributed by atoms with Gasteiger partial charge < -0.3 is 4.18 Å². The number of fused-ring (bicyclic) bond motifs is 1. The van der Waals surface area contributed by atoms with E-state index in [-0.39, 0.29) is 10.6 Å². The molecule has 2 aromatic carbocycles. The summed E-state index contributed by atoms with van der Waals surface area (Å²) in [6, 6.07) is 12.4. The van der Waals surface area contributed by atoms with Crippen LogP contribution in [0.15, 0.2) is 51.8 Å². The van der Waals surface area contributed by atoms with Crippen LogP contribution in [0.4, 0.5) is 0 Å². The Bertz CT molecular complexity index is 1050. The second kappa shape index (κ2) is 6.18. The molecule has 6 heteroatoms. The molecule has 24 heavy (non-hydrogen) atoms. The number of rotatable bonds is 3. The molecule has 0 atom stereocenters. The summed E-state index contributed by atoms with van der Waals surface area (Å²) in [5.41, 5.74) is 3.21. The minimum Gasteiger partial charge on any atom is -0.377 e. The van der Waals surface area contributed by atoms with Crippen molar-refractivity contribution in [2.24, 2.45) is 0 Å². The summed E-state index contributed by atoms with van der Waals surface area (Å²) in [5, 5.41) is 0.826. The molecule has 124 valence electrons. The third-order valence-corrected chi connectivity index (χ3v) is 6.03. The molecule has 3 aromatic rings. The lowest BCUT2D eigenvalue weighted by Gasteiger charge is -2.12. The first-order chi connectivity index (χ1) is 11.3. The summed E-state index contributed by atoms with van der Waals surface area (Å²) in [4.78, 5) is 4.51. The van der Waals surface area contributed by atoms with Crippen LogP contribution in [0, 0.1) is 20.8 Å². The fourth-order valence-corrected chi connectivity index (χ4v) is 4.53. The molecule has 3 rings (SSSR count). The van der Waals surface area contributed by atoms with Gasteiger partial charge in [0.1, 0.15) is 10.4 Å². The first-order valence-electron chi connectivity index (χ1n) is 7.35. The molecular formula is C18H16BrNO3S. The van der Waals surface area contributed by atoms with Crippen molar-refractivity contribution in [1.82, 2.24) is 4.98 Å². The number of halogens is 1. The van der Waals surface area contributed by atoms with Crippen LogP contribution < -0.4 is 4.18 Å². The summed E-state index contributed by atoms with van der Waals surface area (Å²) >= 11 is 3.32. The summed E-state index contributed by atoms with van der Waals surface area (Å²) in [6.45, 7) is 5.64. The Labute approximate surface area is 149 Å². The van der Waals surface area contributed by atoms with Crippen molar-refractivity contribution in [3.05, 3.63) is 63.8 Å². The highest BCUT2D eigenvalue weighted by molar-refractivity contribution is 9.10. The van der Waals surface area contributed by atoms with Gasteiger partial charge in [0, 0.05) is 15.6 Å². The SMILES string of the molecule is Cc1ccc2cccc(OS(=O)(=O)c3cc(C)c(C)cc3Br)c2n1. The first-order valence-corrected chi connectivity index (χ1v) is 9.56. The molecule has 1 aromatic heterocycles. The van der Waals surface area contributed by atoms with Crippen molar-refractivity contribution >= 4 is 37.0 Å². The second-order valence-corrected chi connectivity index (χ2v) is 8.05. The van der Waals surface area contributed by atoms with Crippen LogP contribution in [0.25, 0.3) is 10.9 Å². The van der Waals surface area contributed by atoms with E-state index < -0.39 is 10.1 Å². The smallest absolute Gasteiger partial charge is 0.340 e. The predicted molar refractivity (Wildman–Crippen MR) is 97.9 cm³/mol. The number of hydrogen-bond acceptors (Lipinski definition) is 4. The Morgan fingerprint density at radius 3 is 2.46 bits per heavy atom. The van der Waals surface area contributed by atoms with E-state index in [0.717, 1.165) is 22.2 Å². The molecule has 0 N–H and O–H groups in total. The van der Waals surface area contributed by atoms with E-state index in [4.69, 9.17) is 4.18 Å². The topological polar surface area (TPSA) is 56.3 Å². The fourth-order valence-electron chi connectivity index (χ4n) is 2.39. The summed E-state index contributed by atoms with van der Waals surface area (Å²) in [6.07, 6.45) is 0. The van der Waals surface area contributed by atoms with Gasteiger partial charge in [0.2, 0.25) is 0 Å². The molecule has 0 unspecified atom stereocenters. The van der Waals surface area contributed by atoms with Crippen LogP contribution in [0.1, 0.15) is 16.8 Å². The van der Waals surface area contributed by atoms with Crippen LogP contribution >= 0.6 is 15.9 Å². The van der Waals surface area contributed by atoms with Gasteiger partial charge in [-0.25, -0.2) is 4.98 Å². The number of para-hydroxylation sites is 1. The Hall–Kier alpha value is -1.92. The Morgan fingerprint density at radius 2 is 1.71 bits per heavy atom. The molecule has 0 saturated heterocycles. The normalized spacial score (nSPS) is 11.7. The lowest BCUT2D eigenvalue weighted by molar-refractivity contribution is 0.487. The highest BCUT2D eigenvalue weighted by Crippen LogP contribution is 2.31. The Kier molecular flexibility index (Phi) is 4.36. The minimum absolute atomic E-state index is 0.107. The van der Waals surface area contributed by atoms with Crippen LogP contribution in [-0.2, 0) is 10.1 Å². The molecular weight excluding hydrogens is 390 g/mol. The molecule has 0 fully saturated rings. The molecule has 4 nitrogen and oxygen atoms in total. The largest absolute Gasteiger partial charge is 0.377 e. The van der Waals surface area contributed by atoms with Gasteiger partial charge in [-0.1, -0.05) is 18.2 Å². The van der Waals surface area contributed by atoms with Crippen molar-refractivity contribution in [3.63, 3.8) is 0 Å². The average Bonchev–Trinajstić information content (AvgIpc) is 2.51. The summed E-state index contributed by atoms with van der Waals surface area (Å²) in [7, 11) is -3.97. The zero-order valence-electron chi connectivity index (χ0n) is 13.5. The lowest BCUT2D eigenvalue weighted by Crippen LogP contribution is -2.11. The van der Waals surface area contributed by atoms with E-state index in [1.807, 2.05) is 39.0 Å². The number of aromatic nitrogens is 1. The van der Waals surface area contributed by atoms with Gasteiger partial charge in [-0.15, -0.1) is 0 Å². The van der Waals surface area contributed by atoms with Crippen molar-refractivity contribution < 1.29 is 12.6 Å². The second-order valence-electron chi connectivity index (χ2n) is 5.68. The van der Waals surface area contributed by atoms with Gasteiger partial charge in [0.25, 0.3) is 0 Å². The van der Waals surface area contributed by atoms with Crippen LogP contribution in [0.5, 0.6) is 5.75 Å². The van der Waals surface area contributed by atoms with Crippen molar-refractivity contribution in [2.45, 2.75) is 25.7 Å². The lowest BCUT2D eigenvalue weighted by atomic mass is 10.1. The summed E-state index contributed by atoms with van der Waals surface area (Å²) < 4.78 is 31.4. The molecule has 0 spiro atoms. The van der Waals surface area contributed by atoms with Crippen LogP contribution in [-0.4, -0.2) is 13.4 Å². The molecule has 1 heterocycles. The molecule has 0 saturated carbocycles. The van der Waals surface area contributed by atoms with Crippen LogP contribution in [0.2, 0.25) is 0 Å². The predicted octanol–water partition coefficient (Wildman–Crippen LogP) is 4.69. The maximum atomic E-state index is 12.7. The molecule has 0 bridgehead atoms. The van der Waals surface area contributed by atoms with E-state index in [1.165, 1.54) is 0 Å². The van der Waals surface area contributed by atoms with Gasteiger partial charge >= 0.3 is 10.1 Å². The van der Waals surface area contributed by atoms with Gasteiger partial charge in [0.15, 0.2) is 5.75 Å². The van der Waals surface area contributed by atoms with E-state index >= 15 is 0 Å². The maximum Gasteiger partial charge on any atom is 0.340 e. The quantitative estimate of drug-likeness (QED) is 0.593. The molecule has 0 aliphatic heterocycles. The van der Waals surface area contributed by atoms with E-state index in [1.54, 1.807) is 24.3 Å². The van der Waals surface area contributed by atoms with Crippen molar-refractivity contribution in [2.75, 3.05) is 0 Å². The Morgan fingerprint density at radius 1 is 1.00 bits per heavy atom. The Balaban J connectivity index is 2.11. The molecule has 0 aliphatic carbocycles. The third kappa shape index (κ3) is 3.16. The van der Waals surface area contributed by atoms with Crippen LogP contribution in [0.3, 0.4) is 0 Å². The molecule has 0 amide bonds. The number of pyridine rings is 1. The zero-order chi connectivity index (χ0) is 17.5. The fraction of sp³-hybridized carbons (Fsp3) is 0.167.